The minimum Gasteiger partial charge on any atom is -0.228 e. The van der Waals surface area contributed by atoms with Crippen LogP contribution >= 0.6 is 86.4 Å². The van der Waals surface area contributed by atoms with Gasteiger partial charge in [-0.1, -0.05) is 80.4 Å². The summed E-state index contributed by atoms with van der Waals surface area (Å²) in [5, 5.41) is 1.97. The lowest BCUT2D eigenvalue weighted by molar-refractivity contribution is 1.35. The van der Waals surface area contributed by atoms with Crippen LogP contribution in [0.15, 0.2) is 90.9 Å². The van der Waals surface area contributed by atoms with E-state index in [-0.39, 0.29) is 0 Å². The molecule has 0 amide bonds. The van der Waals surface area contributed by atoms with Gasteiger partial charge in [-0.15, -0.1) is 22.7 Å². The van der Waals surface area contributed by atoms with E-state index in [2.05, 4.69) is 112 Å². The molecule has 5 rings (SSSR count). The number of hydrogen-bond acceptors (Lipinski definition) is 4. The number of hydrogen-bond donors (Lipinski definition) is 0. The van der Waals surface area contributed by atoms with Crippen molar-refractivity contribution in [3.8, 4) is 42.0 Å². The van der Waals surface area contributed by atoms with Gasteiger partial charge in [0.05, 0.1) is 9.75 Å². The van der Waals surface area contributed by atoms with Crippen LogP contribution in [0, 0.1) is 0 Å². The monoisotopic (exact) mass is 708 g/mol. The van der Waals surface area contributed by atoms with Crippen molar-refractivity contribution >= 4 is 86.4 Å². The Morgan fingerprint density at radius 1 is 0.438 bits per heavy atom. The minimum atomic E-state index is 0.867. The predicted octanol–water partition coefficient (Wildman–Crippen LogP) is 10.3. The van der Waals surface area contributed by atoms with Crippen LogP contribution in [0.25, 0.3) is 42.0 Å². The highest BCUT2D eigenvalue weighted by atomic mass is 79.9. The molecule has 5 aromatic rings. The van der Waals surface area contributed by atoms with Gasteiger partial charge in [0.2, 0.25) is 0 Å². The summed E-state index contributed by atoms with van der Waals surface area (Å²) in [4.78, 5) is 11.7. The second-order valence-corrected chi connectivity index (χ2v) is 12.2. The first kappa shape index (κ1) is 22.6. The molecule has 0 radical (unpaired) electrons. The van der Waals surface area contributed by atoms with Gasteiger partial charge in [0.1, 0.15) is 19.2 Å². The predicted molar refractivity (Wildman–Crippen MR) is 150 cm³/mol. The first-order valence-electron chi connectivity index (χ1n) is 9.43. The molecule has 0 aliphatic heterocycles. The Morgan fingerprint density at radius 3 is 1.09 bits per heavy atom. The third-order valence-corrected chi connectivity index (χ3v) is 9.80. The Kier molecular flexibility index (Phi) is 6.79. The Balaban J connectivity index is 1.43. The second-order valence-electron chi connectivity index (χ2n) is 6.87. The van der Waals surface area contributed by atoms with Gasteiger partial charge in [-0.3, -0.25) is 0 Å². The molecule has 2 aromatic heterocycles. The van der Waals surface area contributed by atoms with E-state index < -0.39 is 0 Å². The zero-order chi connectivity index (χ0) is 22.2. The second kappa shape index (κ2) is 9.60. The maximum absolute atomic E-state index is 4.75. The van der Waals surface area contributed by atoms with Gasteiger partial charge in [-0.2, -0.15) is 0 Å². The van der Waals surface area contributed by atoms with Gasteiger partial charge in [0.15, 0.2) is 0 Å². The van der Waals surface area contributed by atoms with Crippen LogP contribution in [0.4, 0.5) is 0 Å². The van der Waals surface area contributed by atoms with Crippen molar-refractivity contribution in [1.29, 1.82) is 0 Å². The topological polar surface area (TPSA) is 25.8 Å². The van der Waals surface area contributed by atoms with Crippen LogP contribution in [0.2, 0.25) is 0 Å². The Hall–Kier alpha value is -1.16. The lowest BCUT2D eigenvalue weighted by Crippen LogP contribution is -1.79. The molecular weight excluding hydrogens is 700 g/mol. The smallest absolute Gasteiger partial charge is 0.125 e. The summed E-state index contributed by atoms with van der Waals surface area (Å²) in [5.41, 5.74) is 4.47. The highest BCUT2D eigenvalue weighted by molar-refractivity contribution is 9.11. The van der Waals surface area contributed by atoms with Crippen molar-refractivity contribution in [2.45, 2.75) is 0 Å². The standard InChI is InChI=1S/C24H12Br4N2S2/c25-17-9-5-13(6-10-17)19-21(27)29-23(31-19)15-1-2-16(4-3-15)24-30-22(28)20(32-24)14-7-11-18(26)12-8-14/h1-12H. The first-order valence-corrected chi connectivity index (χ1v) is 14.2. The summed E-state index contributed by atoms with van der Waals surface area (Å²) >= 11 is 17.6. The van der Waals surface area contributed by atoms with Crippen molar-refractivity contribution in [3.05, 3.63) is 90.9 Å². The fourth-order valence-electron chi connectivity index (χ4n) is 3.16. The first-order chi connectivity index (χ1) is 15.5. The van der Waals surface area contributed by atoms with E-state index in [0.29, 0.717) is 0 Å². The summed E-state index contributed by atoms with van der Waals surface area (Å²) in [5.74, 6) is 0. The molecule has 2 nitrogen and oxygen atoms in total. The highest BCUT2D eigenvalue weighted by Gasteiger charge is 2.15. The summed E-state index contributed by atoms with van der Waals surface area (Å²) in [6, 6.07) is 25.0. The molecule has 32 heavy (non-hydrogen) atoms. The van der Waals surface area contributed by atoms with E-state index >= 15 is 0 Å². The Bertz CT molecular complexity index is 1280. The molecule has 0 spiro atoms. The summed E-state index contributed by atoms with van der Waals surface area (Å²) < 4.78 is 3.86. The van der Waals surface area contributed by atoms with Gasteiger partial charge in [-0.25, -0.2) is 9.97 Å². The highest BCUT2D eigenvalue weighted by Crippen LogP contribution is 2.41. The number of benzene rings is 3. The lowest BCUT2D eigenvalue weighted by Gasteiger charge is -2.00. The maximum atomic E-state index is 4.75. The zero-order valence-corrected chi connectivity index (χ0v) is 24.1. The molecule has 8 heteroatoms. The van der Waals surface area contributed by atoms with E-state index in [1.807, 2.05) is 24.3 Å². The summed E-state index contributed by atoms with van der Waals surface area (Å²) in [6.45, 7) is 0. The number of nitrogens with zero attached hydrogens (tertiary/aromatic N) is 2. The Morgan fingerprint density at radius 2 is 0.750 bits per heavy atom. The number of thiazole rings is 2. The quantitative estimate of drug-likeness (QED) is 0.186. The van der Waals surface area contributed by atoms with Crippen LogP contribution in [-0.4, -0.2) is 9.97 Å². The maximum Gasteiger partial charge on any atom is 0.125 e. The third kappa shape index (κ3) is 4.72. The molecule has 0 saturated heterocycles. The van der Waals surface area contributed by atoms with Crippen molar-refractivity contribution in [2.24, 2.45) is 0 Å². The van der Waals surface area contributed by atoms with Crippen LogP contribution in [-0.2, 0) is 0 Å². The zero-order valence-electron chi connectivity index (χ0n) is 16.2. The molecule has 0 bridgehead atoms. The van der Waals surface area contributed by atoms with Crippen LogP contribution in [0.3, 0.4) is 0 Å². The molecule has 0 fully saturated rings. The summed E-state index contributed by atoms with van der Waals surface area (Å²) in [6.07, 6.45) is 0. The molecule has 2 heterocycles. The van der Waals surface area contributed by atoms with Gasteiger partial charge < -0.3 is 0 Å². The molecule has 0 aliphatic carbocycles. The molecule has 0 atom stereocenters. The van der Waals surface area contributed by atoms with Crippen LogP contribution in [0.1, 0.15) is 0 Å². The van der Waals surface area contributed by atoms with Crippen molar-refractivity contribution in [3.63, 3.8) is 0 Å². The molecule has 0 saturated carbocycles. The molecular formula is C24H12Br4N2S2. The van der Waals surface area contributed by atoms with Gasteiger partial charge in [-0.05, 0) is 67.3 Å². The van der Waals surface area contributed by atoms with Crippen LogP contribution in [0.5, 0.6) is 0 Å². The van der Waals surface area contributed by atoms with E-state index in [1.165, 1.54) is 0 Å². The lowest BCUT2D eigenvalue weighted by atomic mass is 10.1. The molecule has 158 valence electrons. The largest absolute Gasteiger partial charge is 0.228 e. The molecule has 3 aromatic carbocycles. The Labute approximate surface area is 227 Å². The van der Waals surface area contributed by atoms with E-state index in [4.69, 9.17) is 9.97 Å². The van der Waals surface area contributed by atoms with Crippen molar-refractivity contribution in [1.82, 2.24) is 9.97 Å². The normalized spacial score (nSPS) is 11.1. The van der Waals surface area contributed by atoms with Crippen molar-refractivity contribution < 1.29 is 0 Å². The number of halogens is 4. The van der Waals surface area contributed by atoms with E-state index in [0.717, 1.165) is 60.2 Å². The summed E-state index contributed by atoms with van der Waals surface area (Å²) in [7, 11) is 0. The fraction of sp³-hybridized carbons (Fsp3) is 0. The van der Waals surface area contributed by atoms with E-state index in [9.17, 15) is 0 Å². The average molecular weight is 712 g/mol. The molecule has 0 unspecified atom stereocenters. The van der Waals surface area contributed by atoms with Gasteiger partial charge >= 0.3 is 0 Å². The molecule has 0 N–H and O–H groups in total. The van der Waals surface area contributed by atoms with E-state index in [1.54, 1.807) is 22.7 Å². The molecule has 0 aliphatic rings. The number of aromatic nitrogens is 2. The average Bonchev–Trinajstić information content (AvgIpc) is 3.38. The van der Waals surface area contributed by atoms with Crippen molar-refractivity contribution in [2.75, 3.05) is 0 Å². The van der Waals surface area contributed by atoms with Gasteiger partial charge in [0.25, 0.3) is 0 Å². The van der Waals surface area contributed by atoms with Crippen LogP contribution < -0.4 is 0 Å². The SMILES string of the molecule is Brc1ccc(-c2sc(-c3ccc(-c4nc(Br)c(-c5ccc(Br)cc5)s4)cc3)nc2Br)cc1. The minimum absolute atomic E-state index is 0.867. The van der Waals surface area contributed by atoms with Gasteiger partial charge in [0, 0.05) is 20.1 Å². The fourth-order valence-corrected chi connectivity index (χ4v) is 7.16. The third-order valence-electron chi connectivity index (χ3n) is 4.76. The number of rotatable bonds is 4.